The van der Waals surface area contributed by atoms with E-state index >= 15 is 0 Å². The predicted octanol–water partition coefficient (Wildman–Crippen LogP) is 2.35. The highest BCUT2D eigenvalue weighted by Gasteiger charge is 2.19. The van der Waals surface area contributed by atoms with Gasteiger partial charge in [0, 0.05) is 51.2 Å². The first-order valence-corrected chi connectivity index (χ1v) is 9.25. The fourth-order valence-corrected chi connectivity index (χ4v) is 3.16. The Labute approximate surface area is 163 Å². The molecular formula is C20H22N6O2. The van der Waals surface area contributed by atoms with Crippen molar-refractivity contribution in [2.75, 3.05) is 36.4 Å². The lowest BCUT2D eigenvalue weighted by atomic mass is 10.2. The average molecular weight is 378 g/mol. The van der Waals surface area contributed by atoms with Crippen LogP contribution < -0.4 is 10.2 Å². The van der Waals surface area contributed by atoms with Gasteiger partial charge in [0.1, 0.15) is 5.76 Å². The monoisotopic (exact) mass is 378 g/mol. The van der Waals surface area contributed by atoms with E-state index < -0.39 is 0 Å². The van der Waals surface area contributed by atoms with Gasteiger partial charge in [0.2, 0.25) is 5.95 Å². The van der Waals surface area contributed by atoms with Gasteiger partial charge in [-0.25, -0.2) is 9.97 Å². The molecule has 1 aromatic carbocycles. The molecule has 144 valence electrons. The maximum atomic E-state index is 12.2. The topological polar surface area (TPSA) is 87.4 Å². The number of hydrogen-bond donors (Lipinski definition) is 1. The Hall–Kier alpha value is -3.26. The summed E-state index contributed by atoms with van der Waals surface area (Å²) < 4.78 is 4.94. The molecule has 8 nitrogen and oxygen atoms in total. The number of aromatic nitrogens is 3. The number of hydrogen-bond acceptors (Lipinski definition) is 7. The first-order chi connectivity index (χ1) is 13.7. The van der Waals surface area contributed by atoms with Crippen LogP contribution >= 0.6 is 0 Å². The van der Waals surface area contributed by atoms with E-state index in [-0.39, 0.29) is 5.91 Å². The normalized spacial score (nSPS) is 14.8. The molecule has 3 aromatic rings. The maximum absolute atomic E-state index is 12.2. The minimum absolute atomic E-state index is 0.312. The average Bonchev–Trinajstić information content (AvgIpc) is 3.14. The van der Waals surface area contributed by atoms with Crippen LogP contribution in [0.15, 0.2) is 53.3 Å². The molecule has 0 aliphatic carbocycles. The fraction of sp³-hybridized carbons (Fsp3) is 0.300. The highest BCUT2D eigenvalue weighted by Crippen LogP contribution is 2.14. The minimum atomic E-state index is -0.312. The third-order valence-electron chi connectivity index (χ3n) is 4.67. The summed E-state index contributed by atoms with van der Waals surface area (Å²) in [5.74, 6) is 1.34. The van der Waals surface area contributed by atoms with E-state index in [9.17, 15) is 4.79 Å². The van der Waals surface area contributed by atoms with E-state index in [0.717, 1.165) is 32.7 Å². The molecule has 8 heteroatoms. The minimum Gasteiger partial charge on any atom is -0.360 e. The molecule has 0 radical (unpaired) electrons. The van der Waals surface area contributed by atoms with Gasteiger partial charge < -0.3 is 14.7 Å². The number of carbonyl (C=O) groups excluding carboxylic acids is 1. The van der Waals surface area contributed by atoms with Crippen LogP contribution in [0.25, 0.3) is 0 Å². The smallest absolute Gasteiger partial charge is 0.260 e. The molecule has 1 aliphatic heterocycles. The van der Waals surface area contributed by atoms with Crippen molar-refractivity contribution in [2.45, 2.75) is 13.5 Å². The van der Waals surface area contributed by atoms with E-state index in [1.165, 1.54) is 5.56 Å². The van der Waals surface area contributed by atoms with Crippen molar-refractivity contribution in [1.29, 1.82) is 0 Å². The van der Waals surface area contributed by atoms with Crippen LogP contribution in [-0.2, 0) is 6.54 Å². The van der Waals surface area contributed by atoms with E-state index in [4.69, 9.17) is 4.52 Å². The number of aryl methyl sites for hydroxylation is 1. The SMILES string of the molecule is Cc1cc(NC(=O)c2cnc(N3CCN(Cc4ccccc4)CC3)nc2)no1. The van der Waals surface area contributed by atoms with E-state index in [2.05, 4.69) is 54.5 Å². The van der Waals surface area contributed by atoms with E-state index in [0.29, 0.717) is 23.1 Å². The zero-order chi connectivity index (χ0) is 19.3. The number of carbonyl (C=O) groups is 1. The summed E-state index contributed by atoms with van der Waals surface area (Å²) in [6.45, 7) is 6.33. The summed E-state index contributed by atoms with van der Waals surface area (Å²) >= 11 is 0. The molecule has 1 N–H and O–H groups in total. The third kappa shape index (κ3) is 4.34. The van der Waals surface area contributed by atoms with Crippen LogP contribution in [0.1, 0.15) is 21.7 Å². The Morgan fingerprint density at radius 1 is 1.11 bits per heavy atom. The van der Waals surface area contributed by atoms with Crippen LogP contribution in [0, 0.1) is 6.92 Å². The van der Waals surface area contributed by atoms with E-state index in [1.807, 2.05) is 6.07 Å². The Kier molecular flexibility index (Phi) is 5.29. The number of nitrogens with zero attached hydrogens (tertiary/aromatic N) is 5. The van der Waals surface area contributed by atoms with Crippen molar-refractivity contribution < 1.29 is 9.32 Å². The molecule has 1 fully saturated rings. The number of nitrogens with one attached hydrogen (secondary N) is 1. The molecule has 0 spiro atoms. The zero-order valence-corrected chi connectivity index (χ0v) is 15.7. The standard InChI is InChI=1S/C20H22N6O2/c1-15-11-18(24-28-15)23-19(27)17-12-21-20(22-13-17)26-9-7-25(8-10-26)14-16-5-3-2-4-6-16/h2-6,11-13H,7-10,14H2,1H3,(H,23,24,27). The number of rotatable bonds is 5. The highest BCUT2D eigenvalue weighted by atomic mass is 16.5. The lowest BCUT2D eigenvalue weighted by molar-refractivity contribution is 0.102. The van der Waals surface area contributed by atoms with Gasteiger partial charge in [-0.2, -0.15) is 0 Å². The molecule has 0 saturated carbocycles. The molecular weight excluding hydrogens is 356 g/mol. The molecule has 1 saturated heterocycles. The largest absolute Gasteiger partial charge is 0.360 e. The second-order valence-electron chi connectivity index (χ2n) is 6.80. The second-order valence-corrected chi connectivity index (χ2v) is 6.80. The summed E-state index contributed by atoms with van der Waals surface area (Å²) in [4.78, 5) is 25.5. The molecule has 0 atom stereocenters. The maximum Gasteiger partial charge on any atom is 0.260 e. The molecule has 0 unspecified atom stereocenters. The molecule has 0 bridgehead atoms. The highest BCUT2D eigenvalue weighted by molar-refractivity contribution is 6.03. The summed E-state index contributed by atoms with van der Waals surface area (Å²) in [6.07, 6.45) is 3.09. The van der Waals surface area contributed by atoms with Crippen molar-refractivity contribution in [3.63, 3.8) is 0 Å². The number of benzene rings is 1. The van der Waals surface area contributed by atoms with Gasteiger partial charge in [0.15, 0.2) is 5.82 Å². The summed E-state index contributed by atoms with van der Waals surface area (Å²) in [5.41, 5.74) is 1.71. The van der Waals surface area contributed by atoms with Crippen LogP contribution in [0.3, 0.4) is 0 Å². The molecule has 1 amide bonds. The first-order valence-electron chi connectivity index (χ1n) is 9.25. The quantitative estimate of drug-likeness (QED) is 0.729. The number of piperazine rings is 1. The van der Waals surface area contributed by atoms with Crippen LogP contribution in [0.4, 0.5) is 11.8 Å². The van der Waals surface area contributed by atoms with Crippen LogP contribution in [-0.4, -0.2) is 52.1 Å². The molecule has 28 heavy (non-hydrogen) atoms. The Bertz CT molecular complexity index is 917. The van der Waals surface area contributed by atoms with Crippen molar-refractivity contribution in [3.05, 3.63) is 65.7 Å². The van der Waals surface area contributed by atoms with Gasteiger partial charge in [-0.05, 0) is 12.5 Å². The number of amides is 1. The molecule has 4 rings (SSSR count). The van der Waals surface area contributed by atoms with Crippen LogP contribution in [0.2, 0.25) is 0 Å². The van der Waals surface area contributed by atoms with Gasteiger partial charge in [-0.1, -0.05) is 35.5 Å². The predicted molar refractivity (Wildman–Crippen MR) is 105 cm³/mol. The lowest BCUT2D eigenvalue weighted by Crippen LogP contribution is -2.46. The lowest BCUT2D eigenvalue weighted by Gasteiger charge is -2.34. The molecule has 1 aliphatic rings. The van der Waals surface area contributed by atoms with E-state index in [1.54, 1.807) is 25.4 Å². The van der Waals surface area contributed by atoms with Gasteiger partial charge >= 0.3 is 0 Å². The van der Waals surface area contributed by atoms with Crippen molar-refractivity contribution in [2.24, 2.45) is 0 Å². The summed E-state index contributed by atoms with van der Waals surface area (Å²) in [7, 11) is 0. The van der Waals surface area contributed by atoms with Crippen molar-refractivity contribution >= 4 is 17.7 Å². The zero-order valence-electron chi connectivity index (χ0n) is 15.7. The molecule has 2 aromatic heterocycles. The summed E-state index contributed by atoms with van der Waals surface area (Å²) in [6, 6.07) is 12.1. The Morgan fingerprint density at radius 2 is 1.82 bits per heavy atom. The Morgan fingerprint density at radius 3 is 2.46 bits per heavy atom. The third-order valence-corrected chi connectivity index (χ3v) is 4.67. The van der Waals surface area contributed by atoms with Gasteiger partial charge in [0.05, 0.1) is 5.56 Å². The summed E-state index contributed by atoms with van der Waals surface area (Å²) in [5, 5.41) is 6.41. The first kappa shape index (κ1) is 18.1. The molecule has 3 heterocycles. The van der Waals surface area contributed by atoms with Crippen molar-refractivity contribution in [1.82, 2.24) is 20.0 Å². The Balaban J connectivity index is 1.31. The van der Waals surface area contributed by atoms with Gasteiger partial charge in [0.25, 0.3) is 5.91 Å². The second kappa shape index (κ2) is 8.18. The van der Waals surface area contributed by atoms with Crippen LogP contribution in [0.5, 0.6) is 0 Å². The van der Waals surface area contributed by atoms with Crippen molar-refractivity contribution in [3.8, 4) is 0 Å². The number of anilines is 2. The van der Waals surface area contributed by atoms with Gasteiger partial charge in [-0.3, -0.25) is 9.69 Å². The van der Waals surface area contributed by atoms with Gasteiger partial charge in [-0.15, -0.1) is 0 Å². The fourth-order valence-electron chi connectivity index (χ4n) is 3.16.